The van der Waals surface area contributed by atoms with Gasteiger partial charge in [-0.1, -0.05) is 0 Å². The van der Waals surface area contributed by atoms with Crippen LogP contribution < -0.4 is 10.2 Å². The molecule has 1 fully saturated rings. The topological polar surface area (TPSA) is 85.2 Å². The maximum Gasteiger partial charge on any atom is 0.251 e. The van der Waals surface area contributed by atoms with Crippen LogP contribution in [0.25, 0.3) is 11.0 Å². The van der Waals surface area contributed by atoms with Crippen molar-refractivity contribution >= 4 is 22.8 Å². The fraction of sp³-hybridized carbons (Fsp3) is 0.400. The molecule has 152 valence electrons. The summed E-state index contributed by atoms with van der Waals surface area (Å²) in [5.41, 5.74) is 1.13. The Morgan fingerprint density at radius 2 is 1.93 bits per heavy atom. The maximum atomic E-state index is 13.0. The monoisotopic (exact) mass is 398 g/mol. The summed E-state index contributed by atoms with van der Waals surface area (Å²) < 4.78 is 20.5. The molecule has 9 heteroatoms. The zero-order valence-electron chi connectivity index (χ0n) is 16.4. The van der Waals surface area contributed by atoms with Gasteiger partial charge in [-0.2, -0.15) is 5.10 Å². The quantitative estimate of drug-likeness (QED) is 0.708. The standard InChI is InChI=1S/C20H23FN6O2/c1-13-10-26(11-14(2)29-13)18-17-9-25-27(19(17)24-12-23-18)8-7-22-20(28)15-3-5-16(21)6-4-15/h3-6,9,12-14H,7-8,10-11H2,1-2H3,(H,22,28)/t13-,14+. The lowest BCUT2D eigenvalue weighted by Crippen LogP contribution is -2.45. The van der Waals surface area contributed by atoms with E-state index in [-0.39, 0.29) is 23.9 Å². The van der Waals surface area contributed by atoms with Gasteiger partial charge in [0.2, 0.25) is 0 Å². The molecule has 8 nitrogen and oxygen atoms in total. The minimum absolute atomic E-state index is 0.125. The van der Waals surface area contributed by atoms with Gasteiger partial charge in [0.15, 0.2) is 5.65 Å². The zero-order chi connectivity index (χ0) is 20.4. The van der Waals surface area contributed by atoms with E-state index in [4.69, 9.17) is 4.74 Å². The number of fused-ring (bicyclic) bond motifs is 1. The van der Waals surface area contributed by atoms with E-state index >= 15 is 0 Å². The second-order valence-electron chi connectivity index (χ2n) is 7.23. The first-order chi connectivity index (χ1) is 14.0. The van der Waals surface area contributed by atoms with Crippen LogP contribution in [0, 0.1) is 5.82 Å². The van der Waals surface area contributed by atoms with Crippen molar-refractivity contribution in [3.63, 3.8) is 0 Å². The predicted octanol–water partition coefficient (Wildman–Crippen LogP) is 2.01. The van der Waals surface area contributed by atoms with Crippen molar-refractivity contribution in [3.8, 4) is 0 Å². The average Bonchev–Trinajstić information content (AvgIpc) is 3.11. The number of morpholine rings is 1. The SMILES string of the molecule is C[C@@H]1CN(c2ncnc3c2cnn3CCNC(=O)c2ccc(F)cc2)C[C@H](C)O1. The highest BCUT2D eigenvalue weighted by Crippen LogP contribution is 2.25. The number of carbonyl (C=O) groups is 1. The molecule has 1 saturated heterocycles. The Hall–Kier alpha value is -3.07. The summed E-state index contributed by atoms with van der Waals surface area (Å²) in [5, 5.41) is 8.12. The second kappa shape index (κ2) is 8.12. The molecule has 2 aromatic heterocycles. The molecule has 1 N–H and O–H groups in total. The first-order valence-electron chi connectivity index (χ1n) is 9.62. The van der Waals surface area contributed by atoms with Gasteiger partial charge >= 0.3 is 0 Å². The van der Waals surface area contributed by atoms with Crippen molar-refractivity contribution in [1.29, 1.82) is 0 Å². The lowest BCUT2D eigenvalue weighted by atomic mass is 10.2. The van der Waals surface area contributed by atoms with E-state index in [0.717, 1.165) is 29.9 Å². The summed E-state index contributed by atoms with van der Waals surface area (Å²) >= 11 is 0. The van der Waals surface area contributed by atoms with Crippen LogP contribution in [0.5, 0.6) is 0 Å². The average molecular weight is 398 g/mol. The first-order valence-corrected chi connectivity index (χ1v) is 9.62. The summed E-state index contributed by atoms with van der Waals surface area (Å²) in [5.74, 6) is 0.218. The zero-order valence-corrected chi connectivity index (χ0v) is 16.4. The minimum atomic E-state index is -0.371. The van der Waals surface area contributed by atoms with Gasteiger partial charge in [-0.05, 0) is 38.1 Å². The highest BCUT2D eigenvalue weighted by molar-refractivity contribution is 5.94. The molecule has 0 unspecified atom stereocenters. The molecule has 1 aromatic carbocycles. The number of carbonyl (C=O) groups excluding carboxylic acids is 1. The van der Waals surface area contributed by atoms with Crippen molar-refractivity contribution in [2.45, 2.75) is 32.6 Å². The van der Waals surface area contributed by atoms with E-state index in [1.165, 1.54) is 30.6 Å². The largest absolute Gasteiger partial charge is 0.372 e. The van der Waals surface area contributed by atoms with Crippen molar-refractivity contribution < 1.29 is 13.9 Å². The number of amides is 1. The third kappa shape index (κ3) is 4.19. The Balaban J connectivity index is 1.45. The Bertz CT molecular complexity index is 996. The Morgan fingerprint density at radius 3 is 2.66 bits per heavy atom. The molecule has 29 heavy (non-hydrogen) atoms. The molecular weight excluding hydrogens is 375 g/mol. The first kappa shape index (κ1) is 19.3. The molecule has 1 aliphatic rings. The number of ether oxygens (including phenoxy) is 1. The number of hydrogen-bond acceptors (Lipinski definition) is 6. The second-order valence-corrected chi connectivity index (χ2v) is 7.23. The van der Waals surface area contributed by atoms with Crippen molar-refractivity contribution in [2.24, 2.45) is 0 Å². The summed E-state index contributed by atoms with van der Waals surface area (Å²) in [6.45, 7) is 6.45. The normalized spacial score (nSPS) is 19.5. The van der Waals surface area contributed by atoms with Crippen molar-refractivity contribution in [3.05, 3.63) is 48.2 Å². The number of aromatic nitrogens is 4. The van der Waals surface area contributed by atoms with Crippen LogP contribution in [0.15, 0.2) is 36.8 Å². The van der Waals surface area contributed by atoms with Gasteiger partial charge in [0, 0.05) is 25.2 Å². The highest BCUT2D eigenvalue weighted by Gasteiger charge is 2.25. The number of anilines is 1. The van der Waals surface area contributed by atoms with Crippen LogP contribution in [0.3, 0.4) is 0 Å². The van der Waals surface area contributed by atoms with Gasteiger partial charge in [0.25, 0.3) is 5.91 Å². The Kier molecular flexibility index (Phi) is 5.39. The molecule has 0 aliphatic carbocycles. The summed E-state index contributed by atoms with van der Waals surface area (Å²) in [4.78, 5) is 23.2. The number of hydrogen-bond donors (Lipinski definition) is 1. The lowest BCUT2D eigenvalue weighted by molar-refractivity contribution is -0.00537. The summed E-state index contributed by atoms with van der Waals surface area (Å²) in [6.07, 6.45) is 3.55. The predicted molar refractivity (Wildman–Crippen MR) is 106 cm³/mol. The van der Waals surface area contributed by atoms with E-state index in [2.05, 4.69) is 25.3 Å². The van der Waals surface area contributed by atoms with Crippen LogP contribution in [-0.4, -0.2) is 57.5 Å². The lowest BCUT2D eigenvalue weighted by Gasteiger charge is -2.36. The fourth-order valence-electron chi connectivity index (χ4n) is 3.63. The Morgan fingerprint density at radius 1 is 1.21 bits per heavy atom. The van der Waals surface area contributed by atoms with Crippen LogP contribution in [0.4, 0.5) is 10.2 Å². The summed E-state index contributed by atoms with van der Waals surface area (Å²) in [7, 11) is 0. The summed E-state index contributed by atoms with van der Waals surface area (Å²) in [6, 6.07) is 5.44. The van der Waals surface area contributed by atoms with Crippen LogP contribution in [0.1, 0.15) is 24.2 Å². The Labute approximate surface area is 167 Å². The molecule has 3 aromatic rings. The minimum Gasteiger partial charge on any atom is -0.372 e. The van der Waals surface area contributed by atoms with Gasteiger partial charge in [-0.25, -0.2) is 19.0 Å². The highest BCUT2D eigenvalue weighted by atomic mass is 19.1. The number of halogens is 1. The van der Waals surface area contributed by atoms with E-state index in [0.29, 0.717) is 18.7 Å². The van der Waals surface area contributed by atoms with Gasteiger partial charge in [0.05, 0.1) is 30.3 Å². The third-order valence-corrected chi connectivity index (χ3v) is 4.85. The fourth-order valence-corrected chi connectivity index (χ4v) is 3.63. The molecule has 0 bridgehead atoms. The molecule has 2 atom stereocenters. The smallest absolute Gasteiger partial charge is 0.251 e. The van der Waals surface area contributed by atoms with Gasteiger partial charge < -0.3 is 15.0 Å². The number of nitrogens with one attached hydrogen (secondary N) is 1. The van der Waals surface area contributed by atoms with E-state index in [9.17, 15) is 9.18 Å². The van der Waals surface area contributed by atoms with Gasteiger partial charge in [-0.3, -0.25) is 4.79 Å². The molecule has 1 aliphatic heterocycles. The van der Waals surface area contributed by atoms with Gasteiger partial charge in [0.1, 0.15) is 18.0 Å². The van der Waals surface area contributed by atoms with E-state index in [1.54, 1.807) is 10.9 Å². The van der Waals surface area contributed by atoms with Crippen LogP contribution in [0.2, 0.25) is 0 Å². The third-order valence-electron chi connectivity index (χ3n) is 4.85. The molecule has 3 heterocycles. The number of benzene rings is 1. The molecule has 0 spiro atoms. The van der Waals surface area contributed by atoms with Crippen LogP contribution >= 0.6 is 0 Å². The van der Waals surface area contributed by atoms with E-state index < -0.39 is 0 Å². The molecular formula is C20H23FN6O2. The van der Waals surface area contributed by atoms with Gasteiger partial charge in [-0.15, -0.1) is 0 Å². The molecule has 0 radical (unpaired) electrons. The number of nitrogens with zero attached hydrogens (tertiary/aromatic N) is 5. The maximum absolute atomic E-state index is 13.0. The molecule has 4 rings (SSSR count). The van der Waals surface area contributed by atoms with Crippen molar-refractivity contribution in [2.75, 3.05) is 24.5 Å². The molecule has 1 amide bonds. The van der Waals surface area contributed by atoms with Crippen LogP contribution in [-0.2, 0) is 11.3 Å². The number of rotatable bonds is 5. The molecule has 0 saturated carbocycles. The van der Waals surface area contributed by atoms with Crippen molar-refractivity contribution in [1.82, 2.24) is 25.1 Å². The van der Waals surface area contributed by atoms with E-state index in [1.807, 2.05) is 13.8 Å².